The molecule has 0 aliphatic carbocycles. The summed E-state index contributed by atoms with van der Waals surface area (Å²) >= 11 is 0. The van der Waals surface area contributed by atoms with Gasteiger partial charge in [-0.15, -0.1) is 0 Å². The van der Waals surface area contributed by atoms with Crippen LogP contribution >= 0.6 is 0 Å². The number of hydrogen-bond donors (Lipinski definition) is 1. The summed E-state index contributed by atoms with van der Waals surface area (Å²) in [7, 11) is 2.20. The maximum Gasteiger partial charge on any atom is 0.0991 e. The average molecular weight is 303 g/mol. The zero-order valence-corrected chi connectivity index (χ0v) is 13.4. The molecule has 2 aromatic rings. The highest BCUT2D eigenvalue weighted by Crippen LogP contribution is 2.48. The number of nitriles is 1. The summed E-state index contributed by atoms with van der Waals surface area (Å²) < 4.78 is 0. The Hall–Kier alpha value is -2.31. The largest absolute Gasteiger partial charge is 0.384 e. The molecule has 0 aromatic heterocycles. The normalized spacial score (nSPS) is 26.5. The number of para-hydroxylation sites is 1. The lowest BCUT2D eigenvalue weighted by molar-refractivity contribution is 0.127. The van der Waals surface area contributed by atoms with Crippen molar-refractivity contribution in [3.05, 3.63) is 65.2 Å². The van der Waals surface area contributed by atoms with E-state index in [2.05, 4.69) is 59.7 Å². The molecule has 1 spiro atoms. The van der Waals surface area contributed by atoms with Crippen molar-refractivity contribution in [3.8, 4) is 6.07 Å². The van der Waals surface area contributed by atoms with E-state index in [0.29, 0.717) is 6.04 Å². The van der Waals surface area contributed by atoms with Gasteiger partial charge in [-0.25, -0.2) is 0 Å². The molecule has 2 aromatic carbocycles. The molecule has 2 heterocycles. The summed E-state index contributed by atoms with van der Waals surface area (Å²) in [6, 6.07) is 19.5. The van der Waals surface area contributed by atoms with E-state index in [-0.39, 0.29) is 5.41 Å². The van der Waals surface area contributed by atoms with E-state index in [1.807, 2.05) is 12.1 Å². The van der Waals surface area contributed by atoms with Gasteiger partial charge < -0.3 is 5.32 Å². The zero-order valence-electron chi connectivity index (χ0n) is 13.4. The Morgan fingerprint density at radius 3 is 2.96 bits per heavy atom. The molecule has 116 valence electrons. The smallest absolute Gasteiger partial charge is 0.0991 e. The van der Waals surface area contributed by atoms with Crippen LogP contribution in [0.25, 0.3) is 0 Å². The molecule has 23 heavy (non-hydrogen) atoms. The quantitative estimate of drug-likeness (QED) is 0.873. The van der Waals surface area contributed by atoms with E-state index >= 15 is 0 Å². The van der Waals surface area contributed by atoms with Crippen molar-refractivity contribution in [3.63, 3.8) is 0 Å². The third-order valence-electron chi connectivity index (χ3n) is 5.58. The number of likely N-dealkylation sites (tertiary alicyclic amines) is 1. The van der Waals surface area contributed by atoms with Crippen molar-refractivity contribution >= 4 is 5.69 Å². The van der Waals surface area contributed by atoms with Gasteiger partial charge in [0.1, 0.15) is 0 Å². The number of nitrogens with zero attached hydrogens (tertiary/aromatic N) is 2. The highest BCUT2D eigenvalue weighted by Gasteiger charge is 2.44. The minimum atomic E-state index is 0.219. The standard InChI is InChI=1S/C20H21N3/c1-23-10-9-20(14-22-18-8-3-2-7-17(18)20)12-19(23)16-6-4-5-15(11-16)13-21/h2-8,11,19,22H,9-10,12,14H2,1H3. The van der Waals surface area contributed by atoms with Gasteiger partial charge in [-0.05, 0) is 55.8 Å². The number of anilines is 1. The highest BCUT2D eigenvalue weighted by atomic mass is 15.1. The van der Waals surface area contributed by atoms with Crippen LogP contribution in [-0.4, -0.2) is 25.0 Å². The molecule has 0 bridgehead atoms. The summed E-state index contributed by atoms with van der Waals surface area (Å²) in [6.07, 6.45) is 2.28. The Labute approximate surface area is 137 Å². The second-order valence-corrected chi connectivity index (χ2v) is 6.87. The number of benzene rings is 2. The summed E-state index contributed by atoms with van der Waals surface area (Å²) in [4.78, 5) is 2.43. The lowest BCUT2D eigenvalue weighted by Gasteiger charge is -2.44. The maximum atomic E-state index is 9.19. The molecule has 3 nitrogen and oxygen atoms in total. The minimum Gasteiger partial charge on any atom is -0.384 e. The van der Waals surface area contributed by atoms with Crippen LogP contribution in [0.1, 0.15) is 35.6 Å². The second kappa shape index (κ2) is 5.40. The molecule has 1 fully saturated rings. The number of hydrogen-bond acceptors (Lipinski definition) is 3. The van der Waals surface area contributed by atoms with Gasteiger partial charge >= 0.3 is 0 Å². The van der Waals surface area contributed by atoms with Crippen molar-refractivity contribution in [2.24, 2.45) is 0 Å². The molecule has 2 atom stereocenters. The Kier molecular flexibility index (Phi) is 3.36. The van der Waals surface area contributed by atoms with Crippen LogP contribution in [0.3, 0.4) is 0 Å². The van der Waals surface area contributed by atoms with Gasteiger partial charge in [0.15, 0.2) is 0 Å². The maximum absolute atomic E-state index is 9.19. The summed E-state index contributed by atoms with van der Waals surface area (Å²) in [5.41, 5.74) is 4.99. The molecular formula is C20H21N3. The van der Waals surface area contributed by atoms with E-state index < -0.39 is 0 Å². The fraction of sp³-hybridized carbons (Fsp3) is 0.350. The Morgan fingerprint density at radius 1 is 1.22 bits per heavy atom. The predicted molar refractivity (Wildman–Crippen MR) is 92.4 cm³/mol. The first-order valence-electron chi connectivity index (χ1n) is 8.26. The molecule has 1 N–H and O–H groups in total. The van der Waals surface area contributed by atoms with E-state index in [1.165, 1.54) is 23.2 Å². The number of piperidine rings is 1. The lowest BCUT2D eigenvalue weighted by Crippen LogP contribution is -2.44. The topological polar surface area (TPSA) is 39.1 Å². The molecule has 2 aliphatic heterocycles. The highest BCUT2D eigenvalue weighted by molar-refractivity contribution is 5.60. The SMILES string of the molecule is CN1CCC2(CNc3ccccc32)CC1c1cccc(C#N)c1. The van der Waals surface area contributed by atoms with Gasteiger partial charge in [-0.1, -0.05) is 30.3 Å². The molecule has 0 amide bonds. The fourth-order valence-corrected chi connectivity index (χ4v) is 4.23. The Morgan fingerprint density at radius 2 is 2.09 bits per heavy atom. The van der Waals surface area contributed by atoms with Crippen molar-refractivity contribution in [1.29, 1.82) is 5.26 Å². The van der Waals surface area contributed by atoms with Crippen LogP contribution in [0.2, 0.25) is 0 Å². The first-order valence-corrected chi connectivity index (χ1v) is 8.26. The van der Waals surface area contributed by atoms with E-state index in [1.54, 1.807) is 0 Å². The van der Waals surface area contributed by atoms with Crippen molar-refractivity contribution in [2.45, 2.75) is 24.3 Å². The van der Waals surface area contributed by atoms with Gasteiger partial charge in [0.2, 0.25) is 0 Å². The summed E-state index contributed by atoms with van der Waals surface area (Å²) in [5, 5.41) is 12.8. The Balaban J connectivity index is 1.71. The number of rotatable bonds is 1. The summed E-state index contributed by atoms with van der Waals surface area (Å²) in [6.45, 7) is 2.10. The van der Waals surface area contributed by atoms with Gasteiger partial charge in [-0.2, -0.15) is 5.26 Å². The van der Waals surface area contributed by atoms with Gasteiger partial charge in [0.05, 0.1) is 11.6 Å². The van der Waals surface area contributed by atoms with E-state index in [9.17, 15) is 5.26 Å². The van der Waals surface area contributed by atoms with E-state index in [0.717, 1.165) is 25.1 Å². The average Bonchev–Trinajstić information content (AvgIpc) is 2.96. The lowest BCUT2D eigenvalue weighted by atomic mass is 9.70. The third-order valence-corrected chi connectivity index (χ3v) is 5.58. The van der Waals surface area contributed by atoms with Crippen LogP contribution in [0, 0.1) is 11.3 Å². The van der Waals surface area contributed by atoms with Crippen LogP contribution in [0.5, 0.6) is 0 Å². The predicted octanol–water partition coefficient (Wildman–Crippen LogP) is 3.69. The van der Waals surface area contributed by atoms with Crippen molar-refractivity contribution < 1.29 is 0 Å². The third kappa shape index (κ3) is 2.31. The van der Waals surface area contributed by atoms with Gasteiger partial charge in [-0.3, -0.25) is 4.90 Å². The molecular weight excluding hydrogens is 282 g/mol. The number of nitrogens with one attached hydrogen (secondary N) is 1. The molecule has 0 radical (unpaired) electrons. The molecule has 0 saturated carbocycles. The number of fused-ring (bicyclic) bond motifs is 2. The Bertz CT molecular complexity index is 776. The second-order valence-electron chi connectivity index (χ2n) is 6.87. The van der Waals surface area contributed by atoms with Crippen LogP contribution < -0.4 is 5.32 Å². The van der Waals surface area contributed by atoms with Crippen LogP contribution in [0.4, 0.5) is 5.69 Å². The minimum absolute atomic E-state index is 0.219. The van der Waals surface area contributed by atoms with Crippen molar-refractivity contribution in [1.82, 2.24) is 4.90 Å². The first-order chi connectivity index (χ1) is 11.2. The van der Waals surface area contributed by atoms with Crippen molar-refractivity contribution in [2.75, 3.05) is 25.5 Å². The summed E-state index contributed by atoms with van der Waals surface area (Å²) in [5.74, 6) is 0. The molecule has 2 unspecified atom stereocenters. The van der Waals surface area contributed by atoms with Crippen LogP contribution in [-0.2, 0) is 5.41 Å². The molecule has 1 saturated heterocycles. The zero-order chi connectivity index (χ0) is 15.9. The van der Waals surface area contributed by atoms with Crippen LogP contribution in [0.15, 0.2) is 48.5 Å². The van der Waals surface area contributed by atoms with Gasteiger partial charge in [0.25, 0.3) is 0 Å². The van der Waals surface area contributed by atoms with E-state index in [4.69, 9.17) is 0 Å². The first kappa shape index (κ1) is 14.3. The van der Waals surface area contributed by atoms with Gasteiger partial charge in [0, 0.05) is 23.7 Å². The fourth-order valence-electron chi connectivity index (χ4n) is 4.23. The molecule has 3 heteroatoms. The monoisotopic (exact) mass is 303 g/mol. The molecule has 2 aliphatic rings. The molecule has 4 rings (SSSR count).